The lowest BCUT2D eigenvalue weighted by molar-refractivity contribution is 0.181. The minimum absolute atomic E-state index is 0.00820. The van der Waals surface area contributed by atoms with Crippen LogP contribution in [0.1, 0.15) is 85.5 Å². The summed E-state index contributed by atoms with van der Waals surface area (Å²) >= 11 is 0. The van der Waals surface area contributed by atoms with Gasteiger partial charge in [-0.05, 0) is 121 Å². The SMILES string of the molecule is CC(C)(C)N1C=NC2c3ccccc3-c3ccccc3C21.CC(C)(C)n1c2ccccc2c2ccccc21.CC(C)(C)n1c2ccccc2n2c3ccccc3nc12. The van der Waals surface area contributed by atoms with Crippen LogP contribution in [0, 0.1) is 0 Å². The lowest BCUT2D eigenvalue weighted by Gasteiger charge is -2.41. The van der Waals surface area contributed by atoms with E-state index in [1.165, 1.54) is 60.6 Å². The largest absolute Gasteiger partial charge is 0.348 e. The first-order chi connectivity index (χ1) is 27.7. The number of imidazole rings is 2. The molecule has 9 aromatic rings. The minimum Gasteiger partial charge on any atom is -0.348 e. The molecule has 3 aromatic heterocycles. The highest BCUT2D eigenvalue weighted by molar-refractivity contribution is 6.08. The highest BCUT2D eigenvalue weighted by Gasteiger charge is 2.43. The summed E-state index contributed by atoms with van der Waals surface area (Å²) in [7, 11) is 0. The van der Waals surface area contributed by atoms with Crippen molar-refractivity contribution in [3.8, 4) is 11.1 Å². The lowest BCUT2D eigenvalue weighted by Crippen LogP contribution is -2.42. The Morgan fingerprint density at radius 1 is 0.431 bits per heavy atom. The van der Waals surface area contributed by atoms with E-state index < -0.39 is 0 Å². The first kappa shape index (κ1) is 37.4. The molecule has 2 aliphatic rings. The third-order valence-corrected chi connectivity index (χ3v) is 11.6. The van der Waals surface area contributed by atoms with Crippen molar-refractivity contribution in [1.29, 1.82) is 0 Å². The quantitative estimate of drug-likeness (QED) is 0.154. The molecular formula is C52H54N6. The van der Waals surface area contributed by atoms with Crippen LogP contribution >= 0.6 is 0 Å². The van der Waals surface area contributed by atoms with Gasteiger partial charge in [-0.3, -0.25) is 9.39 Å². The fourth-order valence-corrected chi connectivity index (χ4v) is 9.27. The average Bonchev–Trinajstić information content (AvgIpc) is 3.97. The Balaban J connectivity index is 0.000000113. The van der Waals surface area contributed by atoms with E-state index in [0.717, 1.165) is 11.3 Å². The molecule has 0 saturated carbocycles. The molecule has 2 unspecified atom stereocenters. The van der Waals surface area contributed by atoms with Crippen LogP contribution in [-0.4, -0.2) is 35.3 Å². The molecule has 1 aliphatic heterocycles. The van der Waals surface area contributed by atoms with Gasteiger partial charge in [0, 0.05) is 38.4 Å². The van der Waals surface area contributed by atoms with Crippen molar-refractivity contribution in [3.05, 3.63) is 157 Å². The summed E-state index contributed by atoms with van der Waals surface area (Å²) in [5.41, 5.74) is 12.9. The van der Waals surface area contributed by atoms with Gasteiger partial charge in [0.25, 0.3) is 0 Å². The van der Waals surface area contributed by atoms with Gasteiger partial charge in [0.15, 0.2) is 0 Å². The van der Waals surface area contributed by atoms with Gasteiger partial charge in [0.05, 0.1) is 34.4 Å². The molecule has 292 valence electrons. The molecule has 0 spiro atoms. The zero-order chi connectivity index (χ0) is 40.6. The fraction of sp³-hybridized carbons (Fsp3) is 0.269. The normalized spacial score (nSPS) is 16.3. The van der Waals surface area contributed by atoms with E-state index in [2.05, 4.69) is 220 Å². The van der Waals surface area contributed by atoms with E-state index >= 15 is 0 Å². The Morgan fingerprint density at radius 2 is 0.897 bits per heavy atom. The lowest BCUT2D eigenvalue weighted by atomic mass is 9.78. The fourth-order valence-electron chi connectivity index (χ4n) is 9.27. The van der Waals surface area contributed by atoms with Crippen molar-refractivity contribution in [2.24, 2.45) is 4.99 Å². The Bertz CT molecular complexity index is 2930. The Labute approximate surface area is 342 Å². The molecule has 4 heterocycles. The van der Waals surface area contributed by atoms with E-state index in [9.17, 15) is 0 Å². The third kappa shape index (κ3) is 6.17. The van der Waals surface area contributed by atoms with Crippen LogP contribution < -0.4 is 0 Å². The standard InChI is InChI=1S/C19H20N2.C17H17N3.C16H17N/c1-19(2,3)21-12-20-17-15-10-6-4-8-13(15)14-9-5-7-11-16(14)18(17)21;1-17(2,3)20-15-11-7-6-10-14(15)19-13-9-5-4-8-12(13)18-16(19)20;1-16(2,3)17-14-10-6-4-8-12(14)13-9-5-7-11-15(13)17/h4-12,17-18H,1-3H3;4-11H,1-3H3;4-11H,1-3H3. The van der Waals surface area contributed by atoms with Crippen LogP contribution in [0.3, 0.4) is 0 Å². The number of nitrogens with zero attached hydrogens (tertiary/aromatic N) is 6. The van der Waals surface area contributed by atoms with Gasteiger partial charge >= 0.3 is 0 Å². The molecule has 0 radical (unpaired) electrons. The summed E-state index contributed by atoms with van der Waals surface area (Å²) in [6, 6.07) is 52.1. The van der Waals surface area contributed by atoms with Crippen LogP contribution in [-0.2, 0) is 11.1 Å². The van der Waals surface area contributed by atoms with Crippen LogP contribution in [0.4, 0.5) is 0 Å². The van der Waals surface area contributed by atoms with Crippen molar-refractivity contribution < 1.29 is 0 Å². The molecule has 11 rings (SSSR count). The van der Waals surface area contributed by atoms with E-state index in [0.29, 0.717) is 6.04 Å². The molecule has 0 fully saturated rings. The van der Waals surface area contributed by atoms with Crippen molar-refractivity contribution >= 4 is 56.0 Å². The summed E-state index contributed by atoms with van der Waals surface area (Å²) in [5, 5.41) is 2.69. The third-order valence-electron chi connectivity index (χ3n) is 11.6. The maximum Gasteiger partial charge on any atom is 0.216 e. The average molecular weight is 763 g/mol. The van der Waals surface area contributed by atoms with Crippen molar-refractivity contribution in [2.75, 3.05) is 0 Å². The Kier molecular flexibility index (Phi) is 8.88. The minimum atomic E-state index is -0.00820. The molecule has 0 amide bonds. The summed E-state index contributed by atoms with van der Waals surface area (Å²) in [4.78, 5) is 12.1. The maximum atomic E-state index is 4.85. The number of benzene rings is 6. The number of hydrogen-bond acceptors (Lipinski definition) is 3. The monoisotopic (exact) mass is 762 g/mol. The van der Waals surface area contributed by atoms with E-state index in [4.69, 9.17) is 9.98 Å². The zero-order valence-corrected chi connectivity index (χ0v) is 35.3. The van der Waals surface area contributed by atoms with Gasteiger partial charge in [-0.1, -0.05) is 109 Å². The number of fused-ring (bicyclic) bond motifs is 14. The molecule has 2 atom stereocenters. The smallest absolute Gasteiger partial charge is 0.216 e. The molecule has 58 heavy (non-hydrogen) atoms. The van der Waals surface area contributed by atoms with E-state index in [1.807, 2.05) is 12.4 Å². The molecule has 6 nitrogen and oxygen atoms in total. The predicted molar refractivity (Wildman–Crippen MR) is 245 cm³/mol. The summed E-state index contributed by atoms with van der Waals surface area (Å²) in [5.74, 6) is 1.01. The highest BCUT2D eigenvalue weighted by Crippen LogP contribution is 2.52. The van der Waals surface area contributed by atoms with E-state index in [1.54, 1.807) is 0 Å². The summed E-state index contributed by atoms with van der Waals surface area (Å²) in [6.45, 7) is 20.2. The van der Waals surface area contributed by atoms with Gasteiger partial charge in [0.1, 0.15) is 6.04 Å². The van der Waals surface area contributed by atoms with Crippen molar-refractivity contribution in [3.63, 3.8) is 0 Å². The molecular weight excluding hydrogens is 709 g/mol. The number of aliphatic imine (C=N–C) groups is 1. The van der Waals surface area contributed by atoms with Gasteiger partial charge in [0.2, 0.25) is 5.78 Å². The number of hydrogen-bond donors (Lipinski definition) is 0. The number of aromatic nitrogens is 4. The van der Waals surface area contributed by atoms with Gasteiger partial charge < -0.3 is 14.0 Å². The van der Waals surface area contributed by atoms with Crippen molar-refractivity contribution in [2.45, 2.75) is 91.0 Å². The van der Waals surface area contributed by atoms with Crippen molar-refractivity contribution in [1.82, 2.24) is 23.4 Å². The maximum absolute atomic E-state index is 4.85. The molecule has 0 saturated heterocycles. The topological polar surface area (TPSA) is 42.8 Å². The molecule has 0 bridgehead atoms. The molecule has 0 N–H and O–H groups in total. The zero-order valence-electron chi connectivity index (χ0n) is 35.3. The van der Waals surface area contributed by atoms with Gasteiger partial charge in [-0.2, -0.15) is 0 Å². The molecule has 1 aliphatic carbocycles. The van der Waals surface area contributed by atoms with Gasteiger partial charge in [-0.15, -0.1) is 0 Å². The second-order valence-electron chi connectivity index (χ2n) is 18.7. The molecule has 6 heteroatoms. The van der Waals surface area contributed by atoms with Gasteiger partial charge in [-0.25, -0.2) is 4.98 Å². The summed E-state index contributed by atoms with van der Waals surface area (Å²) < 4.78 is 7.01. The molecule has 6 aromatic carbocycles. The first-order valence-corrected chi connectivity index (χ1v) is 20.6. The second kappa shape index (κ2) is 13.8. The van der Waals surface area contributed by atoms with E-state index in [-0.39, 0.29) is 22.7 Å². The Hall–Kier alpha value is -6.14. The predicted octanol–water partition coefficient (Wildman–Crippen LogP) is 13.3. The highest BCUT2D eigenvalue weighted by atomic mass is 15.3. The second-order valence-corrected chi connectivity index (χ2v) is 18.7. The van der Waals surface area contributed by atoms with Crippen LogP contribution in [0.2, 0.25) is 0 Å². The first-order valence-electron chi connectivity index (χ1n) is 20.6. The Morgan fingerprint density at radius 3 is 1.48 bits per heavy atom. The summed E-state index contributed by atoms with van der Waals surface area (Å²) in [6.07, 6.45) is 2.05. The number of para-hydroxylation sites is 6. The number of rotatable bonds is 0. The van der Waals surface area contributed by atoms with Crippen LogP contribution in [0.5, 0.6) is 0 Å². The van der Waals surface area contributed by atoms with Crippen LogP contribution in [0.15, 0.2) is 151 Å². The van der Waals surface area contributed by atoms with Crippen LogP contribution in [0.25, 0.3) is 60.8 Å².